The monoisotopic (exact) mass is 513 g/mol. The number of hydrogen-bond acceptors (Lipinski definition) is 9. The number of nitrogens with zero attached hydrogens (tertiary/aromatic N) is 6. The number of aromatic nitrogens is 3. The van der Waals surface area contributed by atoms with Crippen LogP contribution in [0.25, 0.3) is 0 Å². The Bertz CT molecular complexity index is 1490. The Hall–Kier alpha value is -4.75. The number of pyridine rings is 1. The molecule has 5 rings (SSSR count). The van der Waals surface area contributed by atoms with Crippen LogP contribution in [0.2, 0.25) is 5.02 Å². The third-order valence-corrected chi connectivity index (χ3v) is 5.76. The zero-order chi connectivity index (χ0) is 25.8. The summed E-state index contributed by atoms with van der Waals surface area (Å²) in [5.74, 6) is 0.993. The van der Waals surface area contributed by atoms with Crippen molar-refractivity contribution >= 4 is 29.2 Å². The third kappa shape index (κ3) is 5.58. The van der Waals surface area contributed by atoms with Gasteiger partial charge in [0.25, 0.3) is 0 Å². The highest BCUT2D eigenvalue weighted by atomic mass is 35.5. The van der Waals surface area contributed by atoms with E-state index in [-0.39, 0.29) is 30.6 Å². The number of ether oxygens (including phenoxy) is 1. The second-order valence-electron chi connectivity index (χ2n) is 8.15. The Labute approximate surface area is 217 Å². The first-order valence-electron chi connectivity index (χ1n) is 11.3. The summed E-state index contributed by atoms with van der Waals surface area (Å²) < 4.78 is 11.3. The first-order valence-corrected chi connectivity index (χ1v) is 11.7. The van der Waals surface area contributed by atoms with Crippen molar-refractivity contribution in [2.24, 2.45) is 4.99 Å². The van der Waals surface area contributed by atoms with Crippen LogP contribution in [0.15, 0.2) is 76.1 Å². The highest BCUT2D eigenvalue weighted by Gasteiger charge is 2.36. The molecule has 11 heteroatoms. The van der Waals surface area contributed by atoms with Gasteiger partial charge >= 0.3 is 0 Å². The van der Waals surface area contributed by atoms with Crippen molar-refractivity contribution in [2.75, 3.05) is 11.9 Å². The van der Waals surface area contributed by atoms with Crippen molar-refractivity contribution in [1.29, 1.82) is 5.26 Å². The summed E-state index contributed by atoms with van der Waals surface area (Å²) in [4.78, 5) is 23.8. The summed E-state index contributed by atoms with van der Waals surface area (Å²) in [5, 5.41) is 20.7. The van der Waals surface area contributed by atoms with Crippen LogP contribution in [-0.4, -0.2) is 38.5 Å². The van der Waals surface area contributed by atoms with Crippen LogP contribution in [0.5, 0.6) is 11.6 Å². The summed E-state index contributed by atoms with van der Waals surface area (Å²) >= 11 is 6.03. The first kappa shape index (κ1) is 24.0. The molecule has 10 nitrogen and oxygen atoms in total. The molecule has 2 aromatic heterocycles. The van der Waals surface area contributed by atoms with E-state index < -0.39 is 5.92 Å². The molecule has 4 aromatic rings. The van der Waals surface area contributed by atoms with Crippen LogP contribution in [0.4, 0.5) is 5.69 Å². The number of aryl methyl sites for hydroxylation is 1. The van der Waals surface area contributed by atoms with E-state index in [0.29, 0.717) is 34.2 Å². The van der Waals surface area contributed by atoms with Crippen molar-refractivity contribution in [2.45, 2.75) is 19.4 Å². The normalized spacial score (nSPS) is 15.2. The molecule has 1 aliphatic heterocycles. The third-order valence-electron chi connectivity index (χ3n) is 5.51. The van der Waals surface area contributed by atoms with Crippen LogP contribution in [0.3, 0.4) is 0 Å². The Morgan fingerprint density at radius 2 is 1.92 bits per heavy atom. The molecule has 1 unspecified atom stereocenters. The molecule has 2 aromatic carbocycles. The van der Waals surface area contributed by atoms with Crippen LogP contribution in [0.1, 0.15) is 29.0 Å². The highest BCUT2D eigenvalue weighted by Crippen LogP contribution is 2.26. The van der Waals surface area contributed by atoms with E-state index in [9.17, 15) is 4.79 Å². The van der Waals surface area contributed by atoms with Crippen molar-refractivity contribution in [3.63, 3.8) is 0 Å². The zero-order valence-electron chi connectivity index (χ0n) is 19.6. The predicted molar refractivity (Wildman–Crippen MR) is 135 cm³/mol. The van der Waals surface area contributed by atoms with Crippen LogP contribution in [-0.2, 0) is 11.3 Å². The molecule has 0 aliphatic carbocycles. The van der Waals surface area contributed by atoms with Gasteiger partial charge in [-0.05, 0) is 48.0 Å². The van der Waals surface area contributed by atoms with Gasteiger partial charge in [-0.1, -0.05) is 29.8 Å². The van der Waals surface area contributed by atoms with E-state index >= 15 is 0 Å². The van der Waals surface area contributed by atoms with Crippen LogP contribution < -0.4 is 10.1 Å². The summed E-state index contributed by atoms with van der Waals surface area (Å²) in [5.41, 5.74) is 1.85. The average molecular weight is 514 g/mol. The molecule has 0 spiro atoms. The molecule has 184 valence electrons. The summed E-state index contributed by atoms with van der Waals surface area (Å²) in [6.45, 7) is 2.12. The van der Waals surface area contributed by atoms with Crippen molar-refractivity contribution < 1.29 is 13.9 Å². The van der Waals surface area contributed by atoms with Crippen molar-refractivity contribution in [3.05, 3.63) is 94.8 Å². The van der Waals surface area contributed by atoms with Gasteiger partial charge in [0.05, 0.1) is 13.1 Å². The standard InChI is InChI=1S/C26H20ClN7O3/c1-16-32-33-24(36-16)22-14-29-26(34(25(22)35)15-17-5-7-18(27)8-6-17)31-19-9-11-21(12-10-19)37-23-4-2-3-20(13-28)30-23/h2-12,22H,14-15H2,1H3,(H,29,31). The maximum Gasteiger partial charge on any atom is 0.244 e. The van der Waals surface area contributed by atoms with Gasteiger partial charge in [-0.15, -0.1) is 10.2 Å². The fourth-order valence-corrected chi connectivity index (χ4v) is 3.82. The minimum Gasteiger partial charge on any atom is -0.439 e. The lowest BCUT2D eigenvalue weighted by atomic mass is 10.1. The zero-order valence-corrected chi connectivity index (χ0v) is 20.4. The first-order chi connectivity index (χ1) is 18.0. The number of hydrogen-bond donors (Lipinski definition) is 1. The number of rotatable bonds is 6. The van der Waals surface area contributed by atoms with Gasteiger partial charge in [0, 0.05) is 23.7 Å². The quantitative estimate of drug-likeness (QED) is 0.393. The number of nitrogens with one attached hydrogen (secondary N) is 1. The van der Waals surface area contributed by atoms with Crippen LogP contribution in [0, 0.1) is 18.3 Å². The predicted octanol–water partition coefficient (Wildman–Crippen LogP) is 4.68. The Morgan fingerprint density at radius 1 is 1.14 bits per heavy atom. The number of carbonyl (C=O) groups is 1. The molecule has 1 atom stereocenters. The van der Waals surface area contributed by atoms with Gasteiger partial charge < -0.3 is 14.5 Å². The lowest BCUT2D eigenvalue weighted by molar-refractivity contribution is -0.130. The lowest BCUT2D eigenvalue weighted by Crippen LogP contribution is -2.47. The number of nitriles is 1. The molecule has 1 N–H and O–H groups in total. The average Bonchev–Trinajstić information content (AvgIpc) is 3.34. The number of halogens is 1. The smallest absolute Gasteiger partial charge is 0.244 e. The van der Waals surface area contributed by atoms with Gasteiger partial charge in [0.2, 0.25) is 29.5 Å². The summed E-state index contributed by atoms with van der Waals surface area (Å²) in [6, 6.07) is 21.3. The van der Waals surface area contributed by atoms with Crippen molar-refractivity contribution in [3.8, 4) is 17.7 Å². The molecule has 0 saturated heterocycles. The highest BCUT2D eigenvalue weighted by molar-refractivity contribution is 6.30. The number of anilines is 1. The molecule has 0 fully saturated rings. The topological polar surface area (TPSA) is 130 Å². The molecular weight excluding hydrogens is 494 g/mol. The molecule has 1 aliphatic rings. The summed E-state index contributed by atoms with van der Waals surface area (Å²) in [7, 11) is 0. The number of guanidine groups is 1. The SMILES string of the molecule is Cc1nnc(C2CN=C(Nc3ccc(Oc4cccc(C#N)n4)cc3)N(Cc3ccc(Cl)cc3)C2=O)o1. The minimum absolute atomic E-state index is 0.169. The molecule has 0 radical (unpaired) electrons. The lowest BCUT2D eigenvalue weighted by Gasteiger charge is -2.31. The van der Waals surface area contributed by atoms with Gasteiger partial charge in [-0.2, -0.15) is 5.26 Å². The number of benzene rings is 2. The van der Waals surface area contributed by atoms with E-state index in [0.717, 1.165) is 5.56 Å². The second kappa shape index (κ2) is 10.5. The van der Waals surface area contributed by atoms with Crippen LogP contribution >= 0.6 is 11.6 Å². The van der Waals surface area contributed by atoms with Gasteiger partial charge in [-0.25, -0.2) is 4.98 Å². The number of amides is 1. The van der Waals surface area contributed by atoms with Gasteiger partial charge in [-0.3, -0.25) is 14.7 Å². The molecule has 1 amide bonds. The van der Waals surface area contributed by atoms with E-state index in [1.807, 2.05) is 18.2 Å². The largest absolute Gasteiger partial charge is 0.439 e. The molecule has 0 saturated carbocycles. The maximum absolute atomic E-state index is 13.5. The maximum atomic E-state index is 13.5. The van der Waals surface area contributed by atoms with E-state index in [1.165, 1.54) is 0 Å². The molecule has 3 heterocycles. The molecule has 0 bridgehead atoms. The van der Waals surface area contributed by atoms with E-state index in [1.54, 1.807) is 66.4 Å². The molecular formula is C26H20ClN7O3. The molecule has 37 heavy (non-hydrogen) atoms. The fraction of sp³-hybridized carbons (Fsp3) is 0.154. The van der Waals surface area contributed by atoms with E-state index in [4.69, 9.17) is 26.0 Å². The number of aliphatic imine (C=N–C) groups is 1. The Morgan fingerprint density at radius 3 is 2.62 bits per heavy atom. The van der Waals surface area contributed by atoms with E-state index in [2.05, 4.69) is 25.5 Å². The van der Waals surface area contributed by atoms with Gasteiger partial charge in [0.1, 0.15) is 23.4 Å². The Kier molecular flexibility index (Phi) is 6.78. The number of carbonyl (C=O) groups excluding carboxylic acids is 1. The minimum atomic E-state index is -0.675. The second-order valence-corrected chi connectivity index (χ2v) is 8.59. The van der Waals surface area contributed by atoms with Crippen molar-refractivity contribution in [1.82, 2.24) is 20.1 Å². The summed E-state index contributed by atoms with van der Waals surface area (Å²) in [6.07, 6.45) is 0. The Balaban J connectivity index is 1.36. The fourth-order valence-electron chi connectivity index (χ4n) is 3.69. The van der Waals surface area contributed by atoms with Gasteiger partial charge in [0.15, 0.2) is 0 Å².